The molecule has 2 atom stereocenters. The average molecular weight is 621 g/mol. The number of amides is 1. The predicted octanol–water partition coefficient (Wildman–Crippen LogP) is 5.16. The van der Waals surface area contributed by atoms with Crippen LogP contribution in [0.5, 0.6) is 0 Å². The molecule has 1 aromatic heterocycles. The fraction of sp³-hybridized carbons (Fsp3) is 0.306. The first-order valence-corrected chi connectivity index (χ1v) is 15.3. The molecule has 0 unspecified atom stereocenters. The highest BCUT2D eigenvalue weighted by Gasteiger charge is 2.32. The van der Waals surface area contributed by atoms with Gasteiger partial charge in [-0.2, -0.15) is 4.79 Å². The number of aromatic nitrogens is 1. The van der Waals surface area contributed by atoms with Crippen LogP contribution in [0.3, 0.4) is 0 Å². The largest absolute Gasteiger partial charge is 0.465 e. The Morgan fingerprint density at radius 1 is 0.957 bits per heavy atom. The number of para-hydroxylation sites is 1. The maximum Gasteiger partial charge on any atom is 0.328 e. The number of nitrogens with zero attached hydrogens (tertiary/aromatic N) is 2. The van der Waals surface area contributed by atoms with Gasteiger partial charge < -0.3 is 25.3 Å². The molecule has 1 aliphatic rings. The quantitative estimate of drug-likeness (QED) is 0.0860. The molecule has 0 spiro atoms. The summed E-state index contributed by atoms with van der Waals surface area (Å²) in [5.41, 5.74) is 14.8. The molecule has 0 fully saturated rings. The van der Waals surface area contributed by atoms with Crippen molar-refractivity contribution in [3.63, 3.8) is 0 Å². The number of fused-ring (bicyclic) bond motifs is 4. The predicted molar refractivity (Wildman–Crippen MR) is 172 cm³/mol. The molecule has 1 amide bonds. The molecule has 1 heterocycles. The van der Waals surface area contributed by atoms with Crippen molar-refractivity contribution in [1.29, 1.82) is 0 Å². The van der Waals surface area contributed by atoms with Crippen molar-refractivity contribution in [3.8, 4) is 11.1 Å². The highest BCUT2D eigenvalue weighted by Crippen LogP contribution is 2.44. The Kier molecular flexibility index (Phi) is 10.2. The van der Waals surface area contributed by atoms with E-state index in [1.165, 1.54) is 0 Å². The summed E-state index contributed by atoms with van der Waals surface area (Å²) in [6.07, 6.45) is 1.81. The van der Waals surface area contributed by atoms with E-state index in [2.05, 4.69) is 27.2 Å². The molecular weight excluding hydrogens is 584 g/mol. The van der Waals surface area contributed by atoms with E-state index in [1.54, 1.807) is 20.0 Å². The van der Waals surface area contributed by atoms with Crippen LogP contribution in [0.4, 0.5) is 0 Å². The fourth-order valence-corrected chi connectivity index (χ4v) is 5.97. The number of nitrogens with one attached hydrogen (secondary N) is 2. The second kappa shape index (κ2) is 14.6. The van der Waals surface area contributed by atoms with Gasteiger partial charge in [0.25, 0.3) is 0 Å². The van der Waals surface area contributed by atoms with E-state index < -0.39 is 41.7 Å². The summed E-state index contributed by atoms with van der Waals surface area (Å²) in [4.78, 5) is 58.1. The first-order valence-electron chi connectivity index (χ1n) is 15.3. The number of aromatic amines is 1. The average Bonchev–Trinajstić information content (AvgIpc) is 3.60. The van der Waals surface area contributed by atoms with Gasteiger partial charge in [0.05, 0.1) is 18.4 Å². The van der Waals surface area contributed by atoms with E-state index in [-0.39, 0.29) is 38.2 Å². The zero-order chi connectivity index (χ0) is 32.6. The Bertz CT molecular complexity index is 1760. The Balaban J connectivity index is 1.34. The third-order valence-electron chi connectivity index (χ3n) is 8.13. The lowest BCUT2D eigenvalue weighted by Crippen LogP contribution is -2.46. The smallest absolute Gasteiger partial charge is 0.328 e. The third kappa shape index (κ3) is 7.47. The zero-order valence-electron chi connectivity index (χ0n) is 25.8. The van der Waals surface area contributed by atoms with E-state index in [0.717, 1.165) is 44.9 Å². The second-order valence-electron chi connectivity index (χ2n) is 11.7. The molecule has 4 aromatic rings. The Labute approximate surface area is 266 Å². The van der Waals surface area contributed by atoms with Gasteiger partial charge in [-0.1, -0.05) is 66.7 Å². The van der Waals surface area contributed by atoms with Crippen molar-refractivity contribution in [2.24, 2.45) is 5.92 Å². The monoisotopic (exact) mass is 620 g/mol. The molecular formula is C36H36N4O6. The van der Waals surface area contributed by atoms with Crippen LogP contribution in [0.15, 0.2) is 79.0 Å². The highest BCUT2D eigenvalue weighted by atomic mass is 16.5. The maximum absolute atomic E-state index is 13.8. The minimum Gasteiger partial charge on any atom is -0.465 e. The molecule has 5 rings (SSSR count). The third-order valence-corrected chi connectivity index (χ3v) is 8.13. The maximum atomic E-state index is 13.8. The van der Waals surface area contributed by atoms with Crippen LogP contribution in [0.1, 0.15) is 55.7 Å². The van der Waals surface area contributed by atoms with Gasteiger partial charge in [-0.05, 0) is 60.6 Å². The van der Waals surface area contributed by atoms with Crippen LogP contribution in [0.2, 0.25) is 0 Å². The number of esters is 2. The highest BCUT2D eigenvalue weighted by molar-refractivity contribution is 6.25. The van der Waals surface area contributed by atoms with Crippen LogP contribution in [-0.2, 0) is 35.1 Å². The Morgan fingerprint density at radius 2 is 1.61 bits per heavy atom. The van der Waals surface area contributed by atoms with Crippen LogP contribution in [0, 0.1) is 5.92 Å². The number of benzene rings is 3. The lowest BCUT2D eigenvalue weighted by Gasteiger charge is -2.22. The van der Waals surface area contributed by atoms with Crippen LogP contribution in [-0.4, -0.2) is 58.4 Å². The van der Waals surface area contributed by atoms with Crippen molar-refractivity contribution in [3.05, 3.63) is 101 Å². The van der Waals surface area contributed by atoms with Gasteiger partial charge in [-0.3, -0.25) is 14.4 Å². The molecule has 1 aliphatic carbocycles. The summed E-state index contributed by atoms with van der Waals surface area (Å²) < 4.78 is 11.2. The van der Waals surface area contributed by atoms with Crippen LogP contribution in [0.25, 0.3) is 27.6 Å². The molecule has 10 nitrogen and oxygen atoms in total. The lowest BCUT2D eigenvalue weighted by molar-refractivity contribution is -0.152. The second-order valence-corrected chi connectivity index (χ2v) is 11.7. The SMILES string of the molecule is CC(C)OC(=O)[C@H](CCC(=O)C=[N+]=[N-])NC(=O)[C@@H](CC(=O)OCC1c2ccccc2-c2ccccc21)Cc1c[nH]c2ccccc12. The van der Waals surface area contributed by atoms with E-state index in [1.807, 2.05) is 60.7 Å². The fourth-order valence-electron chi connectivity index (χ4n) is 5.97. The molecule has 236 valence electrons. The van der Waals surface area contributed by atoms with Gasteiger partial charge in [0.1, 0.15) is 12.6 Å². The molecule has 2 N–H and O–H groups in total. The molecule has 0 saturated carbocycles. The summed E-state index contributed by atoms with van der Waals surface area (Å²) in [5, 5.41) is 3.63. The number of ether oxygens (including phenoxy) is 2. The van der Waals surface area contributed by atoms with Crippen LogP contribution < -0.4 is 5.32 Å². The topological polar surface area (TPSA) is 151 Å². The lowest BCUT2D eigenvalue weighted by atomic mass is 9.94. The Morgan fingerprint density at radius 3 is 2.28 bits per heavy atom. The van der Waals surface area contributed by atoms with Crippen molar-refractivity contribution >= 4 is 40.7 Å². The van der Waals surface area contributed by atoms with E-state index in [0.29, 0.717) is 0 Å². The number of ketones is 1. The summed E-state index contributed by atoms with van der Waals surface area (Å²) in [6.45, 7) is 3.47. The Hall–Kier alpha value is -5.34. The minimum atomic E-state index is -1.15. The number of rotatable bonds is 14. The van der Waals surface area contributed by atoms with Gasteiger partial charge in [0.15, 0.2) is 0 Å². The van der Waals surface area contributed by atoms with Crippen molar-refractivity contribution in [1.82, 2.24) is 10.3 Å². The standard InChI is InChI=1S/C36H36N4O6/c1-22(2)46-36(44)33(16-15-25(41)20-39-37)40-35(43)23(17-24-19-38-32-14-8-7-9-26(24)32)18-34(42)45-21-31-29-12-5-3-10-27(29)28-11-4-6-13-30(28)31/h3-14,19-20,22-23,31,33,38H,15-18,21H2,1-2H3,(H,40,43)/t23-,33+/m1/s1. The molecule has 0 aliphatic heterocycles. The van der Waals surface area contributed by atoms with E-state index in [9.17, 15) is 19.2 Å². The van der Waals surface area contributed by atoms with Gasteiger partial charge in [0.2, 0.25) is 11.7 Å². The molecule has 0 bridgehead atoms. The number of carbonyl (C=O) groups excluding carboxylic acids is 4. The molecule has 0 saturated heterocycles. The van der Waals surface area contributed by atoms with Crippen LogP contribution >= 0.6 is 0 Å². The number of carbonyl (C=O) groups is 4. The van der Waals surface area contributed by atoms with Gasteiger partial charge in [-0.25, -0.2) is 4.79 Å². The molecule has 0 radical (unpaired) electrons. The van der Waals surface area contributed by atoms with Crippen molar-refractivity contribution < 1.29 is 33.4 Å². The molecule has 46 heavy (non-hydrogen) atoms. The summed E-state index contributed by atoms with van der Waals surface area (Å²) in [7, 11) is 0. The van der Waals surface area contributed by atoms with E-state index >= 15 is 0 Å². The summed E-state index contributed by atoms with van der Waals surface area (Å²) in [5.74, 6) is -3.34. The van der Waals surface area contributed by atoms with Gasteiger partial charge in [-0.15, -0.1) is 0 Å². The van der Waals surface area contributed by atoms with Gasteiger partial charge in [0, 0.05) is 29.4 Å². The number of Topliss-reactive ketones (excluding diaryl/α,β-unsaturated/α-hetero) is 1. The van der Waals surface area contributed by atoms with E-state index in [4.69, 9.17) is 15.0 Å². The number of hydrogen-bond donors (Lipinski definition) is 2. The first kappa shape index (κ1) is 32.1. The normalized spacial score (nSPS) is 13.3. The first-order chi connectivity index (χ1) is 22.2. The van der Waals surface area contributed by atoms with Crippen molar-refractivity contribution in [2.75, 3.05) is 6.61 Å². The molecule has 10 heteroatoms. The van der Waals surface area contributed by atoms with Gasteiger partial charge >= 0.3 is 18.2 Å². The summed E-state index contributed by atoms with van der Waals surface area (Å²) >= 11 is 0. The number of H-pyrrole nitrogens is 1. The number of hydrogen-bond acceptors (Lipinski definition) is 6. The summed E-state index contributed by atoms with van der Waals surface area (Å²) in [6, 6.07) is 22.6. The van der Waals surface area contributed by atoms with Crippen molar-refractivity contribution in [2.45, 2.75) is 57.6 Å². The zero-order valence-corrected chi connectivity index (χ0v) is 25.8. The minimum absolute atomic E-state index is 0.0765. The molecule has 3 aromatic carbocycles.